The van der Waals surface area contributed by atoms with Crippen LogP contribution in [0.1, 0.15) is 12.5 Å². The average Bonchev–Trinajstić information content (AvgIpc) is 2.43. The molecule has 4 heteroatoms. The first-order valence-electron chi connectivity index (χ1n) is 7.20. The summed E-state index contributed by atoms with van der Waals surface area (Å²) in [6.45, 7) is 8.61. The SMILES string of the molecule is COCCN(CCNc1cccc(C)c1)C(C)COC. The van der Waals surface area contributed by atoms with Gasteiger partial charge in [0.1, 0.15) is 0 Å². The number of hydrogen-bond acceptors (Lipinski definition) is 4. The van der Waals surface area contributed by atoms with E-state index >= 15 is 0 Å². The Hall–Kier alpha value is -1.10. The van der Waals surface area contributed by atoms with Gasteiger partial charge in [0.05, 0.1) is 13.2 Å². The normalized spacial score (nSPS) is 12.7. The minimum atomic E-state index is 0.398. The number of nitrogens with one attached hydrogen (secondary N) is 1. The van der Waals surface area contributed by atoms with E-state index in [0.29, 0.717) is 6.04 Å². The van der Waals surface area contributed by atoms with Gasteiger partial charge in [-0.1, -0.05) is 12.1 Å². The highest BCUT2D eigenvalue weighted by Gasteiger charge is 2.12. The second-order valence-electron chi connectivity index (χ2n) is 5.13. The van der Waals surface area contributed by atoms with Crippen molar-refractivity contribution in [2.45, 2.75) is 19.9 Å². The van der Waals surface area contributed by atoms with Crippen LogP contribution in [-0.2, 0) is 9.47 Å². The van der Waals surface area contributed by atoms with Crippen molar-refractivity contribution in [3.8, 4) is 0 Å². The number of methoxy groups -OCH3 is 2. The third-order valence-corrected chi connectivity index (χ3v) is 3.36. The van der Waals surface area contributed by atoms with Crippen molar-refractivity contribution in [2.24, 2.45) is 0 Å². The molecule has 1 N–H and O–H groups in total. The molecule has 4 nitrogen and oxygen atoms in total. The summed E-state index contributed by atoms with van der Waals surface area (Å²) in [6, 6.07) is 8.85. The number of anilines is 1. The molecule has 0 aliphatic heterocycles. The zero-order valence-corrected chi connectivity index (χ0v) is 13.2. The van der Waals surface area contributed by atoms with Crippen LogP contribution in [0.5, 0.6) is 0 Å². The van der Waals surface area contributed by atoms with Gasteiger partial charge < -0.3 is 14.8 Å². The minimum absolute atomic E-state index is 0.398. The Morgan fingerprint density at radius 2 is 2.00 bits per heavy atom. The molecule has 0 amide bonds. The fourth-order valence-corrected chi connectivity index (χ4v) is 2.21. The number of aryl methyl sites for hydroxylation is 1. The van der Waals surface area contributed by atoms with Crippen LogP contribution < -0.4 is 5.32 Å². The van der Waals surface area contributed by atoms with Crippen LogP contribution in [0.3, 0.4) is 0 Å². The van der Waals surface area contributed by atoms with Gasteiger partial charge in [-0.25, -0.2) is 0 Å². The van der Waals surface area contributed by atoms with Crippen LogP contribution in [0, 0.1) is 6.92 Å². The van der Waals surface area contributed by atoms with Crippen LogP contribution in [0.2, 0.25) is 0 Å². The van der Waals surface area contributed by atoms with Crippen molar-refractivity contribution in [2.75, 3.05) is 52.4 Å². The standard InChI is InChI=1S/C16H28N2O2/c1-14-6-5-7-16(12-14)17-8-9-18(10-11-19-3)15(2)13-20-4/h5-7,12,15,17H,8-11,13H2,1-4H3. The van der Waals surface area contributed by atoms with Gasteiger partial charge in [-0.2, -0.15) is 0 Å². The maximum atomic E-state index is 5.24. The van der Waals surface area contributed by atoms with Gasteiger partial charge in [0.2, 0.25) is 0 Å². The van der Waals surface area contributed by atoms with E-state index in [2.05, 4.69) is 48.3 Å². The Kier molecular flexibility index (Phi) is 8.26. The van der Waals surface area contributed by atoms with E-state index in [1.807, 2.05) is 0 Å². The number of rotatable bonds is 10. The molecule has 1 unspecified atom stereocenters. The number of hydrogen-bond donors (Lipinski definition) is 1. The first-order chi connectivity index (χ1) is 9.67. The topological polar surface area (TPSA) is 33.7 Å². The molecule has 114 valence electrons. The quantitative estimate of drug-likeness (QED) is 0.713. The number of nitrogens with zero attached hydrogens (tertiary/aromatic N) is 1. The first-order valence-corrected chi connectivity index (χ1v) is 7.20. The summed E-state index contributed by atoms with van der Waals surface area (Å²) in [6.07, 6.45) is 0. The van der Waals surface area contributed by atoms with E-state index in [1.165, 1.54) is 11.3 Å². The second kappa shape index (κ2) is 9.75. The monoisotopic (exact) mass is 280 g/mol. The molecule has 1 atom stereocenters. The van der Waals surface area contributed by atoms with Crippen molar-refractivity contribution < 1.29 is 9.47 Å². The van der Waals surface area contributed by atoms with Gasteiger partial charge in [-0.3, -0.25) is 4.90 Å². The molecular formula is C16H28N2O2. The summed E-state index contributed by atoms with van der Waals surface area (Å²) in [5.74, 6) is 0. The number of benzene rings is 1. The molecular weight excluding hydrogens is 252 g/mol. The molecule has 0 spiro atoms. The molecule has 1 aromatic rings. The van der Waals surface area contributed by atoms with Crippen LogP contribution >= 0.6 is 0 Å². The van der Waals surface area contributed by atoms with Crippen molar-refractivity contribution in [3.05, 3.63) is 29.8 Å². The smallest absolute Gasteiger partial charge is 0.0615 e. The molecule has 0 saturated heterocycles. The maximum Gasteiger partial charge on any atom is 0.0615 e. The van der Waals surface area contributed by atoms with Crippen molar-refractivity contribution in [3.63, 3.8) is 0 Å². The van der Waals surface area contributed by atoms with Gasteiger partial charge in [-0.05, 0) is 31.5 Å². The van der Waals surface area contributed by atoms with Gasteiger partial charge in [-0.15, -0.1) is 0 Å². The van der Waals surface area contributed by atoms with Gasteiger partial charge >= 0.3 is 0 Å². The lowest BCUT2D eigenvalue weighted by Gasteiger charge is -2.28. The Labute approximate surface area is 123 Å². The lowest BCUT2D eigenvalue weighted by molar-refractivity contribution is 0.0777. The summed E-state index contributed by atoms with van der Waals surface area (Å²) in [5.41, 5.74) is 2.45. The summed E-state index contributed by atoms with van der Waals surface area (Å²) < 4.78 is 10.4. The van der Waals surface area contributed by atoms with Crippen molar-refractivity contribution in [1.29, 1.82) is 0 Å². The van der Waals surface area contributed by atoms with Crippen molar-refractivity contribution in [1.82, 2.24) is 4.90 Å². The Bertz CT molecular complexity index is 371. The lowest BCUT2D eigenvalue weighted by Crippen LogP contribution is -2.41. The van der Waals surface area contributed by atoms with Crippen molar-refractivity contribution >= 4 is 5.69 Å². The highest BCUT2D eigenvalue weighted by molar-refractivity contribution is 5.45. The molecule has 0 aromatic heterocycles. The van der Waals surface area contributed by atoms with E-state index in [1.54, 1.807) is 14.2 Å². The van der Waals surface area contributed by atoms with E-state index < -0.39 is 0 Å². The highest BCUT2D eigenvalue weighted by Crippen LogP contribution is 2.09. The lowest BCUT2D eigenvalue weighted by atomic mass is 10.2. The summed E-state index contributed by atoms with van der Waals surface area (Å²) in [5, 5.41) is 3.47. The zero-order chi connectivity index (χ0) is 14.8. The van der Waals surface area contributed by atoms with E-state index in [-0.39, 0.29) is 0 Å². The molecule has 1 rings (SSSR count). The van der Waals surface area contributed by atoms with Crippen LogP contribution in [0.25, 0.3) is 0 Å². The molecule has 1 aromatic carbocycles. The fraction of sp³-hybridized carbons (Fsp3) is 0.625. The van der Waals surface area contributed by atoms with E-state index in [4.69, 9.17) is 9.47 Å². The predicted molar refractivity (Wildman–Crippen MR) is 84.5 cm³/mol. The van der Waals surface area contributed by atoms with Crippen LogP contribution in [-0.4, -0.2) is 58.0 Å². The fourth-order valence-electron chi connectivity index (χ4n) is 2.21. The van der Waals surface area contributed by atoms with E-state index in [9.17, 15) is 0 Å². The molecule has 0 bridgehead atoms. The van der Waals surface area contributed by atoms with Gasteiger partial charge in [0, 0.05) is 45.6 Å². The summed E-state index contributed by atoms with van der Waals surface area (Å²) in [4.78, 5) is 2.38. The Morgan fingerprint density at radius 3 is 2.65 bits per heavy atom. The Balaban J connectivity index is 2.40. The molecule has 0 radical (unpaired) electrons. The van der Waals surface area contributed by atoms with Crippen LogP contribution in [0.15, 0.2) is 24.3 Å². The average molecular weight is 280 g/mol. The van der Waals surface area contributed by atoms with Crippen LogP contribution in [0.4, 0.5) is 5.69 Å². The first kappa shape index (κ1) is 17.0. The third-order valence-electron chi connectivity index (χ3n) is 3.36. The maximum absolute atomic E-state index is 5.24. The third kappa shape index (κ3) is 6.37. The molecule has 20 heavy (non-hydrogen) atoms. The molecule has 0 fully saturated rings. The minimum Gasteiger partial charge on any atom is -0.384 e. The summed E-state index contributed by atoms with van der Waals surface area (Å²) >= 11 is 0. The largest absolute Gasteiger partial charge is 0.384 e. The molecule has 0 heterocycles. The van der Waals surface area contributed by atoms with E-state index in [0.717, 1.165) is 32.8 Å². The zero-order valence-electron chi connectivity index (χ0n) is 13.2. The highest BCUT2D eigenvalue weighted by atomic mass is 16.5. The second-order valence-corrected chi connectivity index (χ2v) is 5.13. The number of ether oxygens (including phenoxy) is 2. The Morgan fingerprint density at radius 1 is 1.20 bits per heavy atom. The predicted octanol–water partition coefficient (Wildman–Crippen LogP) is 2.39. The molecule has 0 saturated carbocycles. The molecule has 0 aliphatic rings. The van der Waals surface area contributed by atoms with Gasteiger partial charge in [0.25, 0.3) is 0 Å². The molecule has 0 aliphatic carbocycles. The summed E-state index contributed by atoms with van der Waals surface area (Å²) in [7, 11) is 3.49. The van der Waals surface area contributed by atoms with Gasteiger partial charge in [0.15, 0.2) is 0 Å².